The highest BCUT2D eigenvalue weighted by Crippen LogP contribution is 2.30. The van der Waals surface area contributed by atoms with E-state index in [4.69, 9.17) is 13.6 Å². The minimum absolute atomic E-state index is 0.220. The van der Waals surface area contributed by atoms with Gasteiger partial charge >= 0.3 is 6.01 Å². The second kappa shape index (κ2) is 5.05. The van der Waals surface area contributed by atoms with Gasteiger partial charge in [0.25, 0.3) is 5.89 Å². The standard InChI is InChI=1S/C13H17N3O3/c1-13(4-7-17-8-5-13)9-14-12-16-15-11(19-12)10-3-2-6-18-10/h2-3,6H,4-5,7-9H2,1H3,(H,14,16). The van der Waals surface area contributed by atoms with Gasteiger partial charge in [0.1, 0.15) is 0 Å². The molecule has 2 aromatic rings. The molecule has 2 aromatic heterocycles. The molecule has 0 aromatic carbocycles. The quantitative estimate of drug-likeness (QED) is 0.913. The molecule has 0 aliphatic carbocycles. The van der Waals surface area contributed by atoms with Gasteiger partial charge in [-0.1, -0.05) is 12.0 Å². The van der Waals surface area contributed by atoms with Gasteiger partial charge in [0, 0.05) is 19.8 Å². The van der Waals surface area contributed by atoms with Crippen molar-refractivity contribution in [3.05, 3.63) is 18.4 Å². The first-order chi connectivity index (χ1) is 9.25. The largest absolute Gasteiger partial charge is 0.459 e. The van der Waals surface area contributed by atoms with E-state index in [1.807, 2.05) is 0 Å². The van der Waals surface area contributed by atoms with E-state index in [2.05, 4.69) is 22.4 Å². The lowest BCUT2D eigenvalue weighted by Crippen LogP contribution is -2.33. The first kappa shape index (κ1) is 12.2. The number of furan rings is 1. The van der Waals surface area contributed by atoms with Gasteiger partial charge in [0.2, 0.25) is 0 Å². The van der Waals surface area contributed by atoms with E-state index in [1.165, 1.54) is 0 Å². The molecule has 3 rings (SSSR count). The van der Waals surface area contributed by atoms with Gasteiger partial charge in [-0.2, -0.15) is 0 Å². The number of anilines is 1. The number of hydrogen-bond donors (Lipinski definition) is 1. The SMILES string of the molecule is CC1(CNc2nnc(-c3ccco3)o2)CCOCC1. The minimum atomic E-state index is 0.220. The van der Waals surface area contributed by atoms with E-state index < -0.39 is 0 Å². The highest BCUT2D eigenvalue weighted by Gasteiger charge is 2.27. The van der Waals surface area contributed by atoms with Crippen molar-refractivity contribution in [1.29, 1.82) is 0 Å². The Labute approximate surface area is 111 Å². The zero-order valence-corrected chi connectivity index (χ0v) is 10.9. The summed E-state index contributed by atoms with van der Waals surface area (Å²) < 4.78 is 16.1. The van der Waals surface area contributed by atoms with Gasteiger partial charge in [0.15, 0.2) is 5.76 Å². The van der Waals surface area contributed by atoms with Gasteiger partial charge in [-0.3, -0.25) is 0 Å². The Balaban J connectivity index is 1.61. The molecule has 3 heterocycles. The Bertz CT molecular complexity index is 515. The Morgan fingerprint density at radius 3 is 2.89 bits per heavy atom. The van der Waals surface area contributed by atoms with Crippen molar-refractivity contribution in [1.82, 2.24) is 10.2 Å². The third-order valence-corrected chi connectivity index (χ3v) is 3.52. The summed E-state index contributed by atoms with van der Waals surface area (Å²) in [6, 6.07) is 4.01. The molecule has 19 heavy (non-hydrogen) atoms. The van der Waals surface area contributed by atoms with Gasteiger partial charge in [-0.25, -0.2) is 0 Å². The number of hydrogen-bond acceptors (Lipinski definition) is 6. The van der Waals surface area contributed by atoms with Crippen LogP contribution in [-0.2, 0) is 4.74 Å². The van der Waals surface area contributed by atoms with E-state index in [9.17, 15) is 0 Å². The summed E-state index contributed by atoms with van der Waals surface area (Å²) in [5.41, 5.74) is 0.220. The molecule has 102 valence electrons. The Kier molecular flexibility index (Phi) is 3.25. The maximum atomic E-state index is 5.51. The molecule has 0 bridgehead atoms. The van der Waals surface area contributed by atoms with Crippen LogP contribution < -0.4 is 5.32 Å². The Morgan fingerprint density at radius 2 is 2.16 bits per heavy atom. The summed E-state index contributed by atoms with van der Waals surface area (Å²) in [6.45, 7) is 4.68. The van der Waals surface area contributed by atoms with Crippen molar-refractivity contribution in [3.8, 4) is 11.7 Å². The van der Waals surface area contributed by atoms with Gasteiger partial charge in [-0.05, 0) is 30.4 Å². The lowest BCUT2D eigenvalue weighted by Gasteiger charge is -2.33. The third kappa shape index (κ3) is 2.78. The first-order valence-corrected chi connectivity index (χ1v) is 6.44. The van der Waals surface area contributed by atoms with Gasteiger partial charge in [-0.15, -0.1) is 5.10 Å². The van der Waals surface area contributed by atoms with Crippen LogP contribution in [0.15, 0.2) is 27.2 Å². The van der Waals surface area contributed by atoms with E-state index in [0.29, 0.717) is 17.7 Å². The van der Waals surface area contributed by atoms with Crippen LogP contribution in [0.25, 0.3) is 11.7 Å². The monoisotopic (exact) mass is 263 g/mol. The zero-order chi connectivity index (χ0) is 13.1. The predicted molar refractivity (Wildman–Crippen MR) is 68.6 cm³/mol. The molecule has 0 amide bonds. The average Bonchev–Trinajstić information content (AvgIpc) is 3.08. The molecule has 0 unspecified atom stereocenters. The van der Waals surface area contributed by atoms with Crippen molar-refractivity contribution < 1.29 is 13.6 Å². The minimum Gasteiger partial charge on any atom is -0.459 e. The molecular formula is C13H17N3O3. The molecule has 0 spiro atoms. The molecule has 0 radical (unpaired) electrons. The molecule has 1 aliphatic rings. The molecule has 6 nitrogen and oxygen atoms in total. The normalized spacial score (nSPS) is 18.4. The predicted octanol–water partition coefficient (Wildman–Crippen LogP) is 2.56. The van der Waals surface area contributed by atoms with Crippen LogP contribution >= 0.6 is 0 Å². The fourth-order valence-electron chi connectivity index (χ4n) is 2.12. The number of aromatic nitrogens is 2. The summed E-state index contributed by atoms with van der Waals surface area (Å²) in [6.07, 6.45) is 3.66. The topological polar surface area (TPSA) is 73.3 Å². The summed E-state index contributed by atoms with van der Waals surface area (Å²) in [5, 5.41) is 11.1. The van der Waals surface area contributed by atoms with Crippen molar-refractivity contribution in [2.24, 2.45) is 5.41 Å². The summed E-state index contributed by atoms with van der Waals surface area (Å²) >= 11 is 0. The van der Waals surface area contributed by atoms with E-state index in [-0.39, 0.29) is 5.41 Å². The van der Waals surface area contributed by atoms with E-state index in [0.717, 1.165) is 32.6 Å². The molecule has 1 fully saturated rings. The lowest BCUT2D eigenvalue weighted by atomic mass is 9.82. The van der Waals surface area contributed by atoms with Gasteiger partial charge in [0.05, 0.1) is 6.26 Å². The second-order valence-corrected chi connectivity index (χ2v) is 5.17. The smallest absolute Gasteiger partial charge is 0.315 e. The number of ether oxygens (including phenoxy) is 1. The third-order valence-electron chi connectivity index (χ3n) is 3.52. The van der Waals surface area contributed by atoms with Crippen LogP contribution in [0.5, 0.6) is 0 Å². The van der Waals surface area contributed by atoms with Crippen LogP contribution in [-0.4, -0.2) is 30.0 Å². The summed E-state index contributed by atoms with van der Waals surface area (Å²) in [7, 11) is 0. The number of nitrogens with one attached hydrogen (secondary N) is 1. The molecular weight excluding hydrogens is 246 g/mol. The van der Waals surface area contributed by atoms with Crippen molar-refractivity contribution >= 4 is 6.01 Å². The van der Waals surface area contributed by atoms with Gasteiger partial charge < -0.3 is 18.9 Å². The highest BCUT2D eigenvalue weighted by atomic mass is 16.5. The maximum Gasteiger partial charge on any atom is 0.315 e. The maximum absolute atomic E-state index is 5.51. The molecule has 0 saturated carbocycles. The second-order valence-electron chi connectivity index (χ2n) is 5.17. The summed E-state index contributed by atoms with van der Waals surface area (Å²) in [4.78, 5) is 0. The fourth-order valence-corrected chi connectivity index (χ4v) is 2.12. The van der Waals surface area contributed by atoms with E-state index >= 15 is 0 Å². The first-order valence-electron chi connectivity index (χ1n) is 6.44. The van der Waals surface area contributed by atoms with E-state index in [1.54, 1.807) is 18.4 Å². The van der Waals surface area contributed by atoms with Crippen LogP contribution in [0.3, 0.4) is 0 Å². The summed E-state index contributed by atoms with van der Waals surface area (Å²) in [5.74, 6) is 0.974. The van der Waals surface area contributed by atoms with Crippen molar-refractivity contribution in [2.75, 3.05) is 25.1 Å². The van der Waals surface area contributed by atoms with Crippen LogP contribution in [0, 0.1) is 5.41 Å². The fraction of sp³-hybridized carbons (Fsp3) is 0.538. The van der Waals surface area contributed by atoms with Crippen LogP contribution in [0.2, 0.25) is 0 Å². The average molecular weight is 263 g/mol. The molecule has 1 saturated heterocycles. The Hall–Kier alpha value is -1.82. The molecule has 1 N–H and O–H groups in total. The molecule has 0 atom stereocenters. The van der Waals surface area contributed by atoms with Crippen molar-refractivity contribution in [3.63, 3.8) is 0 Å². The highest BCUT2D eigenvalue weighted by molar-refractivity contribution is 5.44. The lowest BCUT2D eigenvalue weighted by molar-refractivity contribution is 0.0298. The molecule has 1 aliphatic heterocycles. The van der Waals surface area contributed by atoms with Crippen LogP contribution in [0.4, 0.5) is 6.01 Å². The Morgan fingerprint density at radius 1 is 1.32 bits per heavy atom. The van der Waals surface area contributed by atoms with Crippen LogP contribution in [0.1, 0.15) is 19.8 Å². The molecule has 6 heteroatoms. The number of nitrogens with zero attached hydrogens (tertiary/aromatic N) is 2. The zero-order valence-electron chi connectivity index (χ0n) is 10.9. The number of rotatable bonds is 4. The van der Waals surface area contributed by atoms with Crippen molar-refractivity contribution in [2.45, 2.75) is 19.8 Å².